The second-order valence-corrected chi connectivity index (χ2v) is 6.12. The van der Waals surface area contributed by atoms with Gasteiger partial charge in [0.1, 0.15) is 0 Å². The van der Waals surface area contributed by atoms with E-state index in [0.717, 1.165) is 19.4 Å². The third kappa shape index (κ3) is 3.28. The molecule has 2 atom stereocenters. The Bertz CT molecular complexity index is 329. The number of rotatable bonds is 4. The van der Waals surface area contributed by atoms with Crippen LogP contribution >= 0.6 is 11.3 Å². The summed E-state index contributed by atoms with van der Waals surface area (Å²) in [6.45, 7) is 5.85. The van der Waals surface area contributed by atoms with Crippen molar-refractivity contribution in [1.82, 2.24) is 5.32 Å². The Morgan fingerprint density at radius 2 is 2.18 bits per heavy atom. The highest BCUT2D eigenvalue weighted by Crippen LogP contribution is 2.28. The zero-order chi connectivity index (χ0) is 12.3. The van der Waals surface area contributed by atoms with Crippen molar-refractivity contribution in [2.24, 2.45) is 5.73 Å². The second kappa shape index (κ2) is 5.48. The van der Waals surface area contributed by atoms with Crippen molar-refractivity contribution in [2.75, 3.05) is 6.54 Å². The summed E-state index contributed by atoms with van der Waals surface area (Å²) in [5.41, 5.74) is 6.03. The molecule has 0 saturated carbocycles. The highest BCUT2D eigenvalue weighted by atomic mass is 32.1. The van der Waals surface area contributed by atoms with Gasteiger partial charge in [-0.25, -0.2) is 0 Å². The van der Waals surface area contributed by atoms with Crippen LogP contribution in [0.15, 0.2) is 17.5 Å². The van der Waals surface area contributed by atoms with Crippen LogP contribution < -0.4 is 11.1 Å². The molecule has 0 bridgehead atoms. The van der Waals surface area contributed by atoms with Crippen molar-refractivity contribution < 1.29 is 4.74 Å². The summed E-state index contributed by atoms with van der Waals surface area (Å²) in [4.78, 5) is 1.37. The SMILES string of the molecule is CC1CC(CN)(NCc2cccs2)CC(C)O1. The smallest absolute Gasteiger partial charge is 0.0568 e. The van der Waals surface area contributed by atoms with Gasteiger partial charge in [-0.1, -0.05) is 6.07 Å². The average molecular weight is 254 g/mol. The van der Waals surface area contributed by atoms with E-state index in [9.17, 15) is 0 Å². The number of thiophene rings is 1. The molecule has 0 amide bonds. The molecule has 1 aliphatic heterocycles. The van der Waals surface area contributed by atoms with Gasteiger partial charge < -0.3 is 15.8 Å². The van der Waals surface area contributed by atoms with Crippen molar-refractivity contribution in [3.05, 3.63) is 22.4 Å². The minimum atomic E-state index is 0.0427. The highest BCUT2D eigenvalue weighted by molar-refractivity contribution is 7.09. The van der Waals surface area contributed by atoms with Gasteiger partial charge in [-0.05, 0) is 38.1 Å². The first-order chi connectivity index (χ1) is 8.13. The lowest BCUT2D eigenvalue weighted by atomic mass is 9.84. The standard InChI is InChI=1S/C13H22N2OS/c1-10-6-13(9-14,7-11(2)16-10)15-8-12-4-3-5-17-12/h3-5,10-11,15H,6-9,14H2,1-2H3. The predicted molar refractivity (Wildman–Crippen MR) is 72.2 cm³/mol. The third-order valence-electron chi connectivity index (χ3n) is 3.43. The molecular weight excluding hydrogens is 232 g/mol. The number of nitrogens with two attached hydrogens (primary N) is 1. The molecule has 0 aromatic carbocycles. The van der Waals surface area contributed by atoms with E-state index < -0.39 is 0 Å². The molecule has 1 aromatic heterocycles. The molecular formula is C13H22N2OS. The van der Waals surface area contributed by atoms with Gasteiger partial charge in [0, 0.05) is 23.5 Å². The van der Waals surface area contributed by atoms with E-state index in [4.69, 9.17) is 10.5 Å². The zero-order valence-corrected chi connectivity index (χ0v) is 11.4. The minimum Gasteiger partial charge on any atom is -0.375 e. The molecule has 1 saturated heterocycles. The summed E-state index contributed by atoms with van der Waals surface area (Å²) in [6, 6.07) is 4.25. The zero-order valence-electron chi connectivity index (χ0n) is 10.6. The molecule has 1 fully saturated rings. The summed E-state index contributed by atoms with van der Waals surface area (Å²) >= 11 is 1.79. The monoisotopic (exact) mass is 254 g/mol. The molecule has 4 heteroatoms. The summed E-state index contributed by atoms with van der Waals surface area (Å²) in [5, 5.41) is 5.77. The molecule has 0 spiro atoms. The van der Waals surface area contributed by atoms with E-state index in [1.54, 1.807) is 11.3 Å². The van der Waals surface area contributed by atoms with Crippen LogP contribution in [0.5, 0.6) is 0 Å². The molecule has 1 aromatic rings. The molecule has 2 unspecified atom stereocenters. The first-order valence-electron chi connectivity index (χ1n) is 6.26. The van der Waals surface area contributed by atoms with Gasteiger partial charge in [0.2, 0.25) is 0 Å². The lowest BCUT2D eigenvalue weighted by Gasteiger charge is -2.43. The number of hydrogen-bond donors (Lipinski definition) is 2. The lowest BCUT2D eigenvalue weighted by Crippen LogP contribution is -2.57. The van der Waals surface area contributed by atoms with E-state index in [1.165, 1.54) is 4.88 Å². The Balaban J connectivity index is 1.98. The average Bonchev–Trinajstić information content (AvgIpc) is 2.78. The van der Waals surface area contributed by atoms with Crippen LogP contribution in [0.25, 0.3) is 0 Å². The molecule has 3 nitrogen and oxygen atoms in total. The maximum absolute atomic E-state index is 5.99. The summed E-state index contributed by atoms with van der Waals surface area (Å²) in [6.07, 6.45) is 2.58. The molecule has 2 heterocycles. The van der Waals surface area contributed by atoms with Crippen LogP contribution in [0.4, 0.5) is 0 Å². The fourth-order valence-corrected chi connectivity index (χ4v) is 3.39. The Morgan fingerprint density at radius 3 is 2.71 bits per heavy atom. The molecule has 0 aliphatic carbocycles. The first kappa shape index (κ1) is 13.0. The van der Waals surface area contributed by atoms with E-state index >= 15 is 0 Å². The molecule has 0 radical (unpaired) electrons. The summed E-state index contributed by atoms with van der Waals surface area (Å²) < 4.78 is 5.79. The highest BCUT2D eigenvalue weighted by Gasteiger charge is 2.37. The van der Waals surface area contributed by atoms with Gasteiger partial charge >= 0.3 is 0 Å². The van der Waals surface area contributed by atoms with Crippen LogP contribution in [-0.2, 0) is 11.3 Å². The Hall–Kier alpha value is -0.420. The number of ether oxygens (including phenoxy) is 1. The third-order valence-corrected chi connectivity index (χ3v) is 4.31. The number of nitrogens with one attached hydrogen (secondary N) is 1. The second-order valence-electron chi connectivity index (χ2n) is 5.08. The van der Waals surface area contributed by atoms with Gasteiger partial charge in [0.05, 0.1) is 12.2 Å². The fraction of sp³-hybridized carbons (Fsp3) is 0.692. The maximum Gasteiger partial charge on any atom is 0.0568 e. The molecule has 3 N–H and O–H groups in total. The van der Waals surface area contributed by atoms with Crippen LogP contribution in [0, 0.1) is 0 Å². The normalized spacial score (nSPS) is 33.8. The largest absolute Gasteiger partial charge is 0.375 e. The van der Waals surface area contributed by atoms with Crippen LogP contribution in [0.3, 0.4) is 0 Å². The van der Waals surface area contributed by atoms with Gasteiger partial charge in [-0.3, -0.25) is 0 Å². The predicted octanol–water partition coefficient (Wildman–Crippen LogP) is 2.12. The minimum absolute atomic E-state index is 0.0427. The van der Waals surface area contributed by atoms with E-state index in [0.29, 0.717) is 6.54 Å². The Kier molecular flexibility index (Phi) is 4.20. The molecule has 1 aliphatic rings. The topological polar surface area (TPSA) is 47.3 Å². The molecule has 2 rings (SSSR count). The van der Waals surface area contributed by atoms with Crippen LogP contribution in [0.1, 0.15) is 31.6 Å². The first-order valence-corrected chi connectivity index (χ1v) is 7.14. The summed E-state index contributed by atoms with van der Waals surface area (Å²) in [5.74, 6) is 0. The van der Waals surface area contributed by atoms with Gasteiger partial charge in [-0.15, -0.1) is 11.3 Å². The van der Waals surface area contributed by atoms with Crippen LogP contribution in [-0.4, -0.2) is 24.3 Å². The van der Waals surface area contributed by atoms with E-state index in [1.807, 2.05) is 0 Å². The Labute approximate surface area is 107 Å². The van der Waals surface area contributed by atoms with Crippen molar-refractivity contribution in [3.63, 3.8) is 0 Å². The van der Waals surface area contributed by atoms with E-state index in [-0.39, 0.29) is 17.7 Å². The van der Waals surface area contributed by atoms with Gasteiger partial charge in [0.25, 0.3) is 0 Å². The fourth-order valence-electron chi connectivity index (χ4n) is 2.75. The Morgan fingerprint density at radius 1 is 1.47 bits per heavy atom. The molecule has 96 valence electrons. The summed E-state index contributed by atoms with van der Waals surface area (Å²) in [7, 11) is 0. The van der Waals surface area contributed by atoms with Crippen molar-refractivity contribution in [1.29, 1.82) is 0 Å². The van der Waals surface area contributed by atoms with E-state index in [2.05, 4.69) is 36.7 Å². The van der Waals surface area contributed by atoms with Gasteiger partial charge in [0.15, 0.2) is 0 Å². The number of hydrogen-bond acceptors (Lipinski definition) is 4. The van der Waals surface area contributed by atoms with Crippen molar-refractivity contribution in [3.8, 4) is 0 Å². The molecule has 17 heavy (non-hydrogen) atoms. The maximum atomic E-state index is 5.99. The van der Waals surface area contributed by atoms with Crippen molar-refractivity contribution in [2.45, 2.75) is 51.0 Å². The van der Waals surface area contributed by atoms with Crippen molar-refractivity contribution >= 4 is 11.3 Å². The van der Waals surface area contributed by atoms with Crippen LogP contribution in [0.2, 0.25) is 0 Å². The lowest BCUT2D eigenvalue weighted by molar-refractivity contribution is -0.0674. The quantitative estimate of drug-likeness (QED) is 0.865. The van der Waals surface area contributed by atoms with Gasteiger partial charge in [-0.2, -0.15) is 0 Å².